The first kappa shape index (κ1) is 16.9. The summed E-state index contributed by atoms with van der Waals surface area (Å²) in [7, 11) is 0. The molecular weight excluding hydrogens is 248 g/mol. The van der Waals surface area contributed by atoms with Crippen LogP contribution in [-0.4, -0.2) is 59.6 Å². The Morgan fingerprint density at radius 2 is 1.79 bits per heavy atom. The number of unbranched alkanes of at least 4 members (excludes halogenated alkanes) is 5. The second kappa shape index (κ2) is 9.66. The van der Waals surface area contributed by atoms with Gasteiger partial charge in [-0.05, 0) is 6.42 Å². The van der Waals surface area contributed by atoms with E-state index in [0.717, 1.165) is 12.8 Å². The van der Waals surface area contributed by atoms with Gasteiger partial charge in [0.1, 0.15) is 24.4 Å². The van der Waals surface area contributed by atoms with Gasteiger partial charge in [-0.3, -0.25) is 0 Å². The third kappa shape index (κ3) is 5.75. The van der Waals surface area contributed by atoms with E-state index in [2.05, 4.69) is 6.92 Å². The molecule has 0 saturated carbocycles. The summed E-state index contributed by atoms with van der Waals surface area (Å²) in [6, 6.07) is 0. The van der Waals surface area contributed by atoms with Crippen molar-refractivity contribution in [3.05, 3.63) is 0 Å². The van der Waals surface area contributed by atoms with E-state index in [1.165, 1.54) is 25.7 Å². The zero-order valence-corrected chi connectivity index (χ0v) is 11.8. The fourth-order valence-electron chi connectivity index (χ4n) is 2.33. The first-order valence-electron chi connectivity index (χ1n) is 7.40. The maximum atomic E-state index is 9.90. The van der Waals surface area contributed by atoms with Gasteiger partial charge in [0.05, 0.1) is 13.2 Å². The highest BCUT2D eigenvalue weighted by molar-refractivity contribution is 4.87. The molecule has 1 aliphatic heterocycles. The zero-order chi connectivity index (χ0) is 14.1. The van der Waals surface area contributed by atoms with Crippen LogP contribution in [0.1, 0.15) is 45.4 Å². The Morgan fingerprint density at radius 3 is 2.47 bits per heavy atom. The molecular formula is C14H28O5. The molecule has 1 fully saturated rings. The fraction of sp³-hybridized carbons (Fsp3) is 1.00. The van der Waals surface area contributed by atoms with Gasteiger partial charge in [-0.25, -0.2) is 0 Å². The van der Waals surface area contributed by atoms with Gasteiger partial charge in [0.2, 0.25) is 0 Å². The Morgan fingerprint density at radius 1 is 1.11 bits per heavy atom. The first-order chi connectivity index (χ1) is 9.20. The van der Waals surface area contributed by atoms with Gasteiger partial charge in [0.15, 0.2) is 0 Å². The summed E-state index contributed by atoms with van der Waals surface area (Å²) in [6.45, 7) is 2.56. The minimum absolute atomic E-state index is 0.101. The molecule has 0 aliphatic carbocycles. The first-order valence-corrected chi connectivity index (χ1v) is 7.40. The largest absolute Gasteiger partial charge is 0.394 e. The predicted molar refractivity (Wildman–Crippen MR) is 72.0 cm³/mol. The molecule has 0 aromatic carbocycles. The molecule has 5 nitrogen and oxygen atoms in total. The van der Waals surface area contributed by atoms with Crippen LogP contribution < -0.4 is 0 Å². The second-order valence-corrected chi connectivity index (χ2v) is 5.22. The fourth-order valence-corrected chi connectivity index (χ4v) is 2.33. The van der Waals surface area contributed by atoms with E-state index in [1.54, 1.807) is 0 Å². The van der Waals surface area contributed by atoms with Crippen molar-refractivity contribution in [2.24, 2.45) is 0 Å². The number of hydrogen-bond acceptors (Lipinski definition) is 5. The molecule has 5 heteroatoms. The van der Waals surface area contributed by atoms with Crippen LogP contribution in [0.2, 0.25) is 0 Å². The average molecular weight is 276 g/mol. The minimum Gasteiger partial charge on any atom is -0.394 e. The van der Waals surface area contributed by atoms with Crippen molar-refractivity contribution >= 4 is 0 Å². The van der Waals surface area contributed by atoms with E-state index in [0.29, 0.717) is 6.61 Å². The zero-order valence-electron chi connectivity index (χ0n) is 11.8. The lowest BCUT2D eigenvalue weighted by molar-refractivity contribution is -0.210. The van der Waals surface area contributed by atoms with E-state index < -0.39 is 24.4 Å². The highest BCUT2D eigenvalue weighted by Crippen LogP contribution is 2.19. The molecule has 19 heavy (non-hydrogen) atoms. The quantitative estimate of drug-likeness (QED) is 0.544. The Labute approximate surface area is 115 Å². The maximum Gasteiger partial charge on any atom is 0.114 e. The number of ether oxygens (including phenoxy) is 2. The van der Waals surface area contributed by atoms with Crippen LogP contribution >= 0.6 is 0 Å². The summed E-state index contributed by atoms with van der Waals surface area (Å²) in [4.78, 5) is 0. The molecule has 0 aromatic heterocycles. The second-order valence-electron chi connectivity index (χ2n) is 5.22. The monoisotopic (exact) mass is 276 g/mol. The van der Waals surface area contributed by atoms with Crippen molar-refractivity contribution < 1.29 is 24.8 Å². The lowest BCUT2D eigenvalue weighted by Crippen LogP contribution is -2.55. The smallest absolute Gasteiger partial charge is 0.114 e. The summed E-state index contributed by atoms with van der Waals surface area (Å²) < 4.78 is 10.7. The molecule has 0 radical (unpaired) electrons. The highest BCUT2D eigenvalue weighted by Gasteiger charge is 2.38. The van der Waals surface area contributed by atoms with Gasteiger partial charge < -0.3 is 24.8 Å². The third-order valence-corrected chi connectivity index (χ3v) is 3.57. The van der Waals surface area contributed by atoms with Gasteiger partial charge >= 0.3 is 0 Å². The highest BCUT2D eigenvalue weighted by atomic mass is 16.6. The molecule has 1 saturated heterocycles. The molecule has 3 N–H and O–H groups in total. The standard InChI is InChI=1S/C14H28O5/c1-2-3-4-5-6-7-8-18-14-11(16)10-19-12(9-15)13(14)17/h11-17H,2-10H2,1H3/t11-,12+,13+,14+/m1/s1. The number of aliphatic hydroxyl groups excluding tert-OH is 3. The van der Waals surface area contributed by atoms with Crippen molar-refractivity contribution in [3.8, 4) is 0 Å². The minimum atomic E-state index is -0.964. The van der Waals surface area contributed by atoms with Gasteiger partial charge in [0, 0.05) is 6.61 Å². The molecule has 114 valence electrons. The molecule has 4 atom stereocenters. The summed E-state index contributed by atoms with van der Waals surface area (Å²) in [5, 5.41) is 28.7. The molecule has 1 heterocycles. The van der Waals surface area contributed by atoms with Crippen molar-refractivity contribution in [3.63, 3.8) is 0 Å². The normalized spacial score (nSPS) is 31.6. The lowest BCUT2D eigenvalue weighted by Gasteiger charge is -2.37. The summed E-state index contributed by atoms with van der Waals surface area (Å²) >= 11 is 0. The van der Waals surface area contributed by atoms with E-state index in [-0.39, 0.29) is 13.2 Å². The van der Waals surface area contributed by atoms with Gasteiger partial charge in [-0.2, -0.15) is 0 Å². The van der Waals surface area contributed by atoms with Gasteiger partial charge in [-0.15, -0.1) is 0 Å². The van der Waals surface area contributed by atoms with Crippen molar-refractivity contribution in [2.75, 3.05) is 19.8 Å². The van der Waals surface area contributed by atoms with Crippen LogP contribution in [0.15, 0.2) is 0 Å². The van der Waals surface area contributed by atoms with E-state index >= 15 is 0 Å². The Balaban J connectivity index is 2.15. The van der Waals surface area contributed by atoms with Crippen molar-refractivity contribution in [2.45, 2.75) is 69.9 Å². The molecule has 0 unspecified atom stereocenters. The van der Waals surface area contributed by atoms with Gasteiger partial charge in [-0.1, -0.05) is 39.0 Å². The lowest BCUT2D eigenvalue weighted by atomic mass is 10.0. The summed E-state index contributed by atoms with van der Waals surface area (Å²) in [5.74, 6) is 0. The van der Waals surface area contributed by atoms with E-state index in [1.807, 2.05) is 0 Å². The van der Waals surface area contributed by atoms with Crippen LogP contribution in [0.4, 0.5) is 0 Å². The van der Waals surface area contributed by atoms with Crippen LogP contribution in [0.5, 0.6) is 0 Å². The molecule has 0 aromatic rings. The molecule has 0 spiro atoms. The van der Waals surface area contributed by atoms with Crippen LogP contribution in [0.25, 0.3) is 0 Å². The predicted octanol–water partition coefficient (Wildman–Crippen LogP) is 0.845. The van der Waals surface area contributed by atoms with Crippen LogP contribution in [0, 0.1) is 0 Å². The van der Waals surface area contributed by atoms with Crippen LogP contribution in [-0.2, 0) is 9.47 Å². The maximum absolute atomic E-state index is 9.90. The van der Waals surface area contributed by atoms with Crippen molar-refractivity contribution in [1.29, 1.82) is 0 Å². The Bertz CT molecular complexity index is 224. The molecule has 1 rings (SSSR count). The van der Waals surface area contributed by atoms with Crippen LogP contribution in [0.3, 0.4) is 0 Å². The summed E-state index contributed by atoms with van der Waals surface area (Å²) in [5.41, 5.74) is 0. The molecule has 0 amide bonds. The number of rotatable bonds is 9. The number of hydrogen-bond donors (Lipinski definition) is 3. The van der Waals surface area contributed by atoms with E-state index in [4.69, 9.17) is 14.6 Å². The topological polar surface area (TPSA) is 79.2 Å². The molecule has 0 bridgehead atoms. The average Bonchev–Trinajstić information content (AvgIpc) is 2.41. The van der Waals surface area contributed by atoms with Gasteiger partial charge in [0.25, 0.3) is 0 Å². The van der Waals surface area contributed by atoms with Crippen molar-refractivity contribution in [1.82, 2.24) is 0 Å². The Kier molecular flexibility index (Phi) is 8.57. The SMILES string of the molecule is CCCCCCCCO[C@@H]1[C@@H](O)[C@H](CO)OC[C@H]1O. The Hall–Kier alpha value is -0.200. The third-order valence-electron chi connectivity index (χ3n) is 3.57. The van der Waals surface area contributed by atoms with E-state index in [9.17, 15) is 10.2 Å². The molecule has 1 aliphatic rings. The summed E-state index contributed by atoms with van der Waals surface area (Å²) in [6.07, 6.45) is 3.92. The number of aliphatic hydroxyl groups is 3.